The van der Waals surface area contributed by atoms with Crippen molar-refractivity contribution in [3.63, 3.8) is 0 Å². The molecule has 7 nitrogen and oxygen atoms in total. The number of rotatable bonds is 7. The van der Waals surface area contributed by atoms with Crippen LogP contribution in [0.1, 0.15) is 46.5 Å². The van der Waals surface area contributed by atoms with Gasteiger partial charge in [-0.1, -0.05) is 70.9 Å². The number of carbonyl (C=O) groups excluding carboxylic acids is 1. The van der Waals surface area contributed by atoms with Gasteiger partial charge in [0.15, 0.2) is 10.7 Å². The van der Waals surface area contributed by atoms with Crippen LogP contribution in [0.3, 0.4) is 0 Å². The number of nitrogens with one attached hydrogen (secondary N) is 1. The minimum atomic E-state index is -3.81. The summed E-state index contributed by atoms with van der Waals surface area (Å²) >= 11 is 0. The molecule has 184 valence electrons. The molecule has 1 N–H and O–H groups in total. The Kier molecular flexibility index (Phi) is 7.52. The predicted octanol–water partition coefficient (Wildman–Crippen LogP) is 4.49. The molecule has 1 aliphatic rings. The minimum Gasteiger partial charge on any atom is -0.355 e. The highest BCUT2D eigenvalue weighted by Crippen LogP contribution is 2.29. The molecule has 4 rings (SSSR count). The second-order valence-corrected chi connectivity index (χ2v) is 11.0. The number of piperidine rings is 1. The van der Waals surface area contributed by atoms with Crippen molar-refractivity contribution < 1.29 is 17.7 Å². The fourth-order valence-corrected chi connectivity index (χ4v) is 6.01. The van der Waals surface area contributed by atoms with Crippen LogP contribution in [0.5, 0.6) is 0 Å². The van der Waals surface area contributed by atoms with Crippen LogP contribution in [0.15, 0.2) is 57.9 Å². The van der Waals surface area contributed by atoms with Gasteiger partial charge in [-0.25, -0.2) is 8.42 Å². The second-order valence-electron chi connectivity index (χ2n) is 9.09. The summed E-state index contributed by atoms with van der Waals surface area (Å²) in [5, 5.41) is 6.90. The Hall–Kier alpha value is -3.23. The third-order valence-electron chi connectivity index (χ3n) is 6.31. The Morgan fingerprint density at radius 1 is 1.06 bits per heavy atom. The van der Waals surface area contributed by atoms with Crippen LogP contribution in [-0.4, -0.2) is 36.9 Å². The lowest BCUT2D eigenvalue weighted by atomic mass is 9.97. The topological polar surface area (TPSA) is 92.5 Å². The summed E-state index contributed by atoms with van der Waals surface area (Å²) in [4.78, 5) is 12.8. The second kappa shape index (κ2) is 10.6. The van der Waals surface area contributed by atoms with E-state index in [1.807, 2.05) is 68.5 Å². The van der Waals surface area contributed by atoms with E-state index in [4.69, 9.17) is 4.52 Å². The van der Waals surface area contributed by atoms with E-state index < -0.39 is 10.0 Å². The number of hydrogen-bond donors (Lipinski definition) is 1. The standard InChI is InChI=1S/C27H31N3O4S/c1-19-7-9-22(10-8-19)11-12-25-26(21(3)29-34-25)35(32,33)30-15-13-24(14-16-30)27(31)28-18-23-6-4-5-20(2)17-23/h4-12,17,24H,13-16,18H2,1-3H3,(H,28,31)/b12-11+. The number of amides is 1. The maximum absolute atomic E-state index is 13.5. The molecule has 0 bridgehead atoms. The van der Waals surface area contributed by atoms with Gasteiger partial charge in [0.05, 0.1) is 0 Å². The van der Waals surface area contributed by atoms with E-state index in [0.29, 0.717) is 25.1 Å². The molecule has 1 fully saturated rings. The van der Waals surface area contributed by atoms with Crippen molar-refractivity contribution in [2.24, 2.45) is 5.92 Å². The van der Waals surface area contributed by atoms with Crippen LogP contribution in [0, 0.1) is 26.7 Å². The quantitative estimate of drug-likeness (QED) is 0.524. The largest absolute Gasteiger partial charge is 0.355 e. The third-order valence-corrected chi connectivity index (χ3v) is 8.37. The molecule has 8 heteroatoms. The van der Waals surface area contributed by atoms with Crippen LogP contribution >= 0.6 is 0 Å². The van der Waals surface area contributed by atoms with Gasteiger partial charge < -0.3 is 9.84 Å². The molecule has 0 spiro atoms. The zero-order chi connectivity index (χ0) is 25.0. The Balaban J connectivity index is 1.40. The van der Waals surface area contributed by atoms with E-state index in [-0.39, 0.29) is 35.6 Å². The Bertz CT molecular complexity index is 1320. The van der Waals surface area contributed by atoms with E-state index in [0.717, 1.165) is 22.3 Å². The first-order chi connectivity index (χ1) is 16.7. The summed E-state index contributed by atoms with van der Waals surface area (Å²) < 4.78 is 33.7. The van der Waals surface area contributed by atoms with Crippen LogP contribution in [0.4, 0.5) is 0 Å². The zero-order valence-corrected chi connectivity index (χ0v) is 21.1. The van der Waals surface area contributed by atoms with Crippen LogP contribution < -0.4 is 5.32 Å². The number of aromatic nitrogens is 1. The molecule has 0 saturated carbocycles. The summed E-state index contributed by atoms with van der Waals surface area (Å²) in [5.74, 6) is -0.0386. The van der Waals surface area contributed by atoms with Gasteiger partial charge in [-0.3, -0.25) is 4.79 Å². The molecule has 2 aromatic carbocycles. The van der Waals surface area contributed by atoms with Crippen molar-refractivity contribution in [2.75, 3.05) is 13.1 Å². The van der Waals surface area contributed by atoms with E-state index in [2.05, 4.69) is 10.5 Å². The predicted molar refractivity (Wildman–Crippen MR) is 136 cm³/mol. The normalized spacial score (nSPS) is 15.5. The van der Waals surface area contributed by atoms with Crippen molar-refractivity contribution >= 4 is 28.1 Å². The monoisotopic (exact) mass is 493 g/mol. The van der Waals surface area contributed by atoms with Crippen LogP contribution in [-0.2, 0) is 21.4 Å². The number of sulfonamides is 1. The summed E-state index contributed by atoms with van der Waals surface area (Å²) in [5.41, 5.74) is 4.60. The smallest absolute Gasteiger partial charge is 0.248 e. The summed E-state index contributed by atoms with van der Waals surface area (Å²) in [6, 6.07) is 15.9. The Morgan fingerprint density at radius 2 is 1.77 bits per heavy atom. The molecule has 0 aliphatic carbocycles. The number of nitrogens with zero attached hydrogens (tertiary/aromatic N) is 2. The maximum atomic E-state index is 13.5. The highest BCUT2D eigenvalue weighted by Gasteiger charge is 2.35. The van der Waals surface area contributed by atoms with Crippen LogP contribution in [0.2, 0.25) is 0 Å². The van der Waals surface area contributed by atoms with Crippen molar-refractivity contribution in [2.45, 2.75) is 45.1 Å². The van der Waals surface area contributed by atoms with Gasteiger partial charge in [0, 0.05) is 25.6 Å². The van der Waals surface area contributed by atoms with Crippen molar-refractivity contribution in [1.82, 2.24) is 14.8 Å². The Morgan fingerprint density at radius 3 is 2.46 bits per heavy atom. The molecule has 1 aromatic heterocycles. The highest BCUT2D eigenvalue weighted by atomic mass is 32.2. The summed E-state index contributed by atoms with van der Waals surface area (Å²) in [7, 11) is -3.81. The first kappa shape index (κ1) is 24.9. The fraction of sp³-hybridized carbons (Fsp3) is 0.333. The van der Waals surface area contributed by atoms with Gasteiger partial charge in [-0.2, -0.15) is 4.31 Å². The molecule has 1 aliphatic heterocycles. The van der Waals surface area contributed by atoms with Gasteiger partial charge in [0.2, 0.25) is 15.9 Å². The average Bonchev–Trinajstić information content (AvgIpc) is 3.23. The van der Waals surface area contributed by atoms with E-state index in [1.54, 1.807) is 13.0 Å². The highest BCUT2D eigenvalue weighted by molar-refractivity contribution is 7.89. The molecule has 2 heterocycles. The van der Waals surface area contributed by atoms with Gasteiger partial charge in [-0.05, 0) is 50.8 Å². The van der Waals surface area contributed by atoms with Crippen molar-refractivity contribution in [3.05, 3.63) is 82.2 Å². The minimum absolute atomic E-state index is 0.0357. The van der Waals surface area contributed by atoms with Gasteiger partial charge in [0.25, 0.3) is 0 Å². The number of aryl methyl sites for hydroxylation is 3. The molecule has 35 heavy (non-hydrogen) atoms. The maximum Gasteiger partial charge on any atom is 0.248 e. The first-order valence-corrected chi connectivity index (χ1v) is 13.2. The lowest BCUT2D eigenvalue weighted by Gasteiger charge is -2.30. The lowest BCUT2D eigenvalue weighted by Crippen LogP contribution is -2.43. The van der Waals surface area contributed by atoms with Gasteiger partial charge in [0.1, 0.15) is 5.69 Å². The third kappa shape index (κ3) is 5.89. The Labute approximate surface area is 206 Å². The SMILES string of the molecule is Cc1ccc(/C=C/c2onc(C)c2S(=O)(=O)N2CCC(C(=O)NCc3cccc(C)c3)CC2)cc1. The molecule has 0 radical (unpaired) electrons. The number of carbonyl (C=O) groups is 1. The van der Waals surface area contributed by atoms with E-state index in [1.165, 1.54) is 4.31 Å². The first-order valence-electron chi connectivity index (χ1n) is 11.8. The fourth-order valence-electron chi connectivity index (χ4n) is 4.29. The number of benzene rings is 2. The van der Waals surface area contributed by atoms with E-state index in [9.17, 15) is 13.2 Å². The van der Waals surface area contributed by atoms with Gasteiger partial charge >= 0.3 is 0 Å². The molecule has 1 amide bonds. The number of hydrogen-bond acceptors (Lipinski definition) is 5. The molecule has 1 saturated heterocycles. The molecule has 3 aromatic rings. The molecule has 0 atom stereocenters. The molecular formula is C27H31N3O4S. The lowest BCUT2D eigenvalue weighted by molar-refractivity contribution is -0.126. The van der Waals surface area contributed by atoms with Gasteiger partial charge in [-0.15, -0.1) is 0 Å². The average molecular weight is 494 g/mol. The molecular weight excluding hydrogens is 462 g/mol. The molecule has 0 unspecified atom stereocenters. The summed E-state index contributed by atoms with van der Waals surface area (Å²) in [6.45, 7) is 6.67. The van der Waals surface area contributed by atoms with Crippen molar-refractivity contribution in [3.8, 4) is 0 Å². The van der Waals surface area contributed by atoms with Crippen LogP contribution in [0.25, 0.3) is 12.2 Å². The zero-order valence-electron chi connectivity index (χ0n) is 20.3. The van der Waals surface area contributed by atoms with E-state index >= 15 is 0 Å². The van der Waals surface area contributed by atoms with Crippen molar-refractivity contribution in [1.29, 1.82) is 0 Å². The summed E-state index contributed by atoms with van der Waals surface area (Å²) in [6.07, 6.45) is 4.39.